The average molecular weight is 246 g/mol. The number of piperazine rings is 1. The summed E-state index contributed by atoms with van der Waals surface area (Å²) in [5.41, 5.74) is 1.61. The van der Waals surface area contributed by atoms with E-state index in [0.717, 1.165) is 31.7 Å². The van der Waals surface area contributed by atoms with Crippen molar-refractivity contribution in [1.29, 1.82) is 0 Å². The molecule has 1 aromatic rings. The van der Waals surface area contributed by atoms with Crippen molar-refractivity contribution in [3.05, 3.63) is 35.4 Å². The van der Waals surface area contributed by atoms with Crippen molar-refractivity contribution in [3.8, 4) is 0 Å². The van der Waals surface area contributed by atoms with Crippen LogP contribution in [0.25, 0.3) is 0 Å². The number of carbonyl (C=O) groups is 1. The smallest absolute Gasteiger partial charge is 0.253 e. The largest absolute Gasteiger partial charge is 0.336 e. The zero-order valence-corrected chi connectivity index (χ0v) is 10.5. The molecule has 1 amide bonds. The Morgan fingerprint density at radius 3 is 2.39 bits per heavy atom. The quantitative estimate of drug-likeness (QED) is 0.466. The molecule has 1 aliphatic rings. The molecule has 0 bridgehead atoms. The lowest BCUT2D eigenvalue weighted by Gasteiger charge is -2.32. The Labute approximate surface area is 107 Å². The molecule has 96 valence electrons. The van der Waals surface area contributed by atoms with Gasteiger partial charge in [-0.05, 0) is 24.7 Å². The van der Waals surface area contributed by atoms with Crippen LogP contribution in [0.2, 0.25) is 0 Å². The van der Waals surface area contributed by atoms with Gasteiger partial charge in [-0.1, -0.05) is 12.1 Å². The molecule has 0 atom stereocenters. The summed E-state index contributed by atoms with van der Waals surface area (Å²) in [6.45, 7) is 3.45. The van der Waals surface area contributed by atoms with Crippen LogP contribution in [0.1, 0.15) is 15.9 Å². The molecule has 0 unspecified atom stereocenters. The van der Waals surface area contributed by atoms with Gasteiger partial charge in [0.2, 0.25) is 0 Å². The van der Waals surface area contributed by atoms with E-state index >= 15 is 0 Å². The second-order valence-electron chi connectivity index (χ2n) is 4.50. The Bertz CT molecular complexity index is 433. The van der Waals surface area contributed by atoms with Gasteiger partial charge in [-0.25, -0.2) is 0 Å². The van der Waals surface area contributed by atoms with Crippen molar-refractivity contribution < 1.29 is 4.79 Å². The first-order valence-corrected chi connectivity index (χ1v) is 6.02. The summed E-state index contributed by atoms with van der Waals surface area (Å²) >= 11 is 0. The third kappa shape index (κ3) is 2.87. The Hall–Kier alpha value is -1.88. The third-order valence-corrected chi connectivity index (χ3v) is 3.17. The Kier molecular flexibility index (Phi) is 3.94. The minimum atomic E-state index is 0.0966. The molecule has 1 aliphatic heterocycles. The van der Waals surface area contributed by atoms with E-state index in [-0.39, 0.29) is 5.91 Å². The Morgan fingerprint density at radius 1 is 1.22 bits per heavy atom. The van der Waals surface area contributed by atoms with Crippen LogP contribution in [0.3, 0.4) is 0 Å². The molecule has 0 spiro atoms. The van der Waals surface area contributed by atoms with Crippen LogP contribution in [0, 0.1) is 0 Å². The van der Waals surface area contributed by atoms with Crippen LogP contribution in [0.4, 0.5) is 0 Å². The van der Waals surface area contributed by atoms with Crippen molar-refractivity contribution >= 4 is 12.1 Å². The zero-order valence-electron chi connectivity index (χ0n) is 10.5. The molecule has 1 heterocycles. The molecule has 0 aliphatic carbocycles. The number of hydrogen-bond acceptors (Lipinski definition) is 4. The number of benzene rings is 1. The summed E-state index contributed by atoms with van der Waals surface area (Å²) in [6.07, 6.45) is 1.56. The lowest BCUT2D eigenvalue weighted by atomic mass is 10.1. The topological polar surface area (TPSA) is 61.9 Å². The normalized spacial score (nSPS) is 17.3. The second kappa shape index (κ2) is 5.64. The predicted molar refractivity (Wildman–Crippen MR) is 71.6 cm³/mol. The molecular formula is C13H18N4O. The fourth-order valence-corrected chi connectivity index (χ4v) is 1.99. The summed E-state index contributed by atoms with van der Waals surface area (Å²) in [7, 11) is 2.07. The molecule has 5 heteroatoms. The summed E-state index contributed by atoms with van der Waals surface area (Å²) in [6, 6.07) is 7.33. The molecule has 5 nitrogen and oxygen atoms in total. The van der Waals surface area contributed by atoms with E-state index in [1.807, 2.05) is 29.2 Å². The number of amides is 1. The number of rotatable bonds is 2. The van der Waals surface area contributed by atoms with E-state index in [0.29, 0.717) is 5.56 Å². The SMILES string of the molecule is CN1CCN(C(=O)c2ccc(C=NN)cc2)CC1. The molecule has 1 saturated heterocycles. The summed E-state index contributed by atoms with van der Waals surface area (Å²) < 4.78 is 0. The molecule has 2 N–H and O–H groups in total. The second-order valence-corrected chi connectivity index (χ2v) is 4.50. The lowest BCUT2D eigenvalue weighted by Crippen LogP contribution is -2.47. The average Bonchev–Trinajstić information content (AvgIpc) is 2.40. The van der Waals surface area contributed by atoms with E-state index in [9.17, 15) is 4.79 Å². The first-order chi connectivity index (χ1) is 8.70. The van der Waals surface area contributed by atoms with Gasteiger partial charge in [0.1, 0.15) is 0 Å². The van der Waals surface area contributed by atoms with Crippen molar-refractivity contribution in [1.82, 2.24) is 9.80 Å². The van der Waals surface area contributed by atoms with Gasteiger partial charge in [-0.3, -0.25) is 4.79 Å². The van der Waals surface area contributed by atoms with Crippen molar-refractivity contribution in [2.45, 2.75) is 0 Å². The van der Waals surface area contributed by atoms with Gasteiger partial charge in [-0.15, -0.1) is 0 Å². The Balaban J connectivity index is 2.04. The number of likely N-dealkylation sites (N-methyl/N-ethyl adjacent to an activating group) is 1. The summed E-state index contributed by atoms with van der Waals surface area (Å²) in [5, 5.41) is 3.45. The molecule has 18 heavy (non-hydrogen) atoms. The van der Waals surface area contributed by atoms with Crippen LogP contribution in [-0.2, 0) is 0 Å². The zero-order chi connectivity index (χ0) is 13.0. The maximum absolute atomic E-state index is 12.2. The first-order valence-electron chi connectivity index (χ1n) is 6.02. The van der Waals surface area contributed by atoms with Gasteiger partial charge in [0.15, 0.2) is 0 Å². The first kappa shape index (κ1) is 12.6. The molecule has 0 aromatic heterocycles. The van der Waals surface area contributed by atoms with Crippen LogP contribution in [0.5, 0.6) is 0 Å². The fourth-order valence-electron chi connectivity index (χ4n) is 1.99. The number of hydrogen-bond donors (Lipinski definition) is 1. The van der Waals surface area contributed by atoms with Gasteiger partial charge in [0, 0.05) is 31.7 Å². The van der Waals surface area contributed by atoms with E-state index in [2.05, 4.69) is 17.0 Å². The minimum Gasteiger partial charge on any atom is -0.336 e. The van der Waals surface area contributed by atoms with Gasteiger partial charge in [0.25, 0.3) is 5.91 Å². The summed E-state index contributed by atoms with van der Waals surface area (Å²) in [5.74, 6) is 5.17. The lowest BCUT2D eigenvalue weighted by molar-refractivity contribution is 0.0664. The number of nitrogens with zero attached hydrogens (tertiary/aromatic N) is 3. The van der Waals surface area contributed by atoms with Gasteiger partial charge < -0.3 is 15.6 Å². The van der Waals surface area contributed by atoms with Crippen LogP contribution >= 0.6 is 0 Å². The Morgan fingerprint density at radius 2 is 1.83 bits per heavy atom. The summed E-state index contributed by atoms with van der Waals surface area (Å²) in [4.78, 5) is 16.3. The van der Waals surface area contributed by atoms with Gasteiger partial charge in [0.05, 0.1) is 6.21 Å². The number of carbonyl (C=O) groups excluding carboxylic acids is 1. The maximum atomic E-state index is 12.2. The van der Waals surface area contributed by atoms with E-state index in [1.165, 1.54) is 0 Å². The maximum Gasteiger partial charge on any atom is 0.253 e. The molecule has 1 aromatic carbocycles. The third-order valence-electron chi connectivity index (χ3n) is 3.17. The van der Waals surface area contributed by atoms with Crippen LogP contribution in [-0.4, -0.2) is 55.1 Å². The highest BCUT2D eigenvalue weighted by molar-refractivity contribution is 5.95. The highest BCUT2D eigenvalue weighted by Gasteiger charge is 2.19. The number of hydrazone groups is 1. The van der Waals surface area contributed by atoms with Crippen LogP contribution < -0.4 is 5.84 Å². The highest BCUT2D eigenvalue weighted by Crippen LogP contribution is 2.09. The fraction of sp³-hybridized carbons (Fsp3) is 0.385. The van der Waals surface area contributed by atoms with Crippen LogP contribution in [0.15, 0.2) is 29.4 Å². The standard InChI is InChI=1S/C13H18N4O/c1-16-6-8-17(9-7-16)13(18)12-4-2-11(3-5-12)10-15-14/h2-5,10H,6-9,14H2,1H3. The van der Waals surface area contributed by atoms with Crippen molar-refractivity contribution in [2.75, 3.05) is 33.2 Å². The molecule has 0 saturated carbocycles. The molecule has 1 fully saturated rings. The van der Waals surface area contributed by atoms with Crippen molar-refractivity contribution in [3.63, 3.8) is 0 Å². The number of nitrogens with two attached hydrogens (primary N) is 1. The monoisotopic (exact) mass is 246 g/mol. The molecular weight excluding hydrogens is 228 g/mol. The molecule has 2 rings (SSSR count). The van der Waals surface area contributed by atoms with E-state index in [1.54, 1.807) is 6.21 Å². The highest BCUT2D eigenvalue weighted by atomic mass is 16.2. The van der Waals surface area contributed by atoms with Crippen molar-refractivity contribution in [2.24, 2.45) is 10.9 Å². The van der Waals surface area contributed by atoms with Gasteiger partial charge in [-0.2, -0.15) is 5.10 Å². The molecule has 0 radical (unpaired) electrons. The van der Waals surface area contributed by atoms with E-state index < -0.39 is 0 Å². The van der Waals surface area contributed by atoms with E-state index in [4.69, 9.17) is 5.84 Å². The predicted octanol–water partition coefficient (Wildman–Crippen LogP) is 0.367. The minimum absolute atomic E-state index is 0.0966. The van der Waals surface area contributed by atoms with Gasteiger partial charge >= 0.3 is 0 Å².